The third-order valence-corrected chi connectivity index (χ3v) is 1.14. The summed E-state index contributed by atoms with van der Waals surface area (Å²) in [7, 11) is 0. The van der Waals surface area contributed by atoms with Gasteiger partial charge in [0.1, 0.15) is 0 Å². The van der Waals surface area contributed by atoms with Crippen molar-refractivity contribution in [2.75, 3.05) is 19.6 Å². The molecular formula is C6H9AlCl3N3O9. The first-order valence-corrected chi connectivity index (χ1v) is 5.36. The molecule has 0 bridgehead atoms. The summed E-state index contributed by atoms with van der Waals surface area (Å²) in [6.07, 6.45) is 0. The van der Waals surface area contributed by atoms with E-state index >= 15 is 0 Å². The van der Waals surface area contributed by atoms with E-state index in [-0.39, 0.29) is 31.1 Å². The van der Waals surface area contributed by atoms with E-state index in [9.17, 15) is 29.7 Å². The van der Waals surface area contributed by atoms with E-state index in [1.807, 2.05) is 0 Å². The van der Waals surface area contributed by atoms with E-state index in [1.54, 1.807) is 0 Å². The van der Waals surface area contributed by atoms with Crippen LogP contribution in [0.2, 0.25) is 0 Å². The van der Waals surface area contributed by atoms with Crippen molar-refractivity contribution in [1.29, 1.82) is 0 Å². The van der Waals surface area contributed by atoms with Gasteiger partial charge >= 0.3 is 17.4 Å². The maximum atomic E-state index is 9.41. The molecular weight excluding hydrogens is 391 g/mol. The van der Waals surface area contributed by atoms with Crippen LogP contribution in [0.1, 0.15) is 0 Å². The zero-order valence-electron chi connectivity index (χ0n) is 10.5. The number of carboxylic acid groups (broad SMARTS) is 3. The summed E-state index contributed by atoms with van der Waals surface area (Å²) in [4.78, 5) is 28.2. The van der Waals surface area contributed by atoms with Gasteiger partial charge in [0.15, 0.2) is 0 Å². The molecule has 0 radical (unpaired) electrons. The molecule has 0 aromatic carbocycles. The summed E-state index contributed by atoms with van der Waals surface area (Å²) in [5, 5.41) is 51.9. The predicted molar refractivity (Wildman–Crippen MR) is 63.8 cm³/mol. The van der Waals surface area contributed by atoms with Gasteiger partial charge in [-0.05, 0) is 0 Å². The normalized spacial score (nSPS) is 9.14. The standard InChI is InChI=1S/3C2H4ClNO3.Al/c3*3-4(7)1-2(5)6;/h3*7H,1H2,(H,5,6);/q;;;+3/p-3. The molecule has 0 aromatic rings. The second-order valence-electron chi connectivity index (χ2n) is 2.60. The van der Waals surface area contributed by atoms with E-state index in [0.29, 0.717) is 0 Å². The van der Waals surface area contributed by atoms with Crippen LogP contribution in [-0.4, -0.2) is 84.3 Å². The Hall–Kier alpha value is -0.428. The molecule has 0 fully saturated rings. The van der Waals surface area contributed by atoms with E-state index in [2.05, 4.69) is 35.3 Å². The molecule has 12 nitrogen and oxygen atoms in total. The van der Waals surface area contributed by atoms with E-state index in [1.165, 1.54) is 0 Å². The Labute approximate surface area is 149 Å². The average molecular weight is 400 g/mol. The third kappa shape index (κ3) is 50.4. The van der Waals surface area contributed by atoms with Crippen LogP contribution in [0.4, 0.5) is 0 Å². The zero-order valence-corrected chi connectivity index (χ0v) is 13.9. The van der Waals surface area contributed by atoms with Gasteiger partial charge in [-0.2, -0.15) is 0 Å². The van der Waals surface area contributed by atoms with Crippen molar-refractivity contribution >= 4 is 70.6 Å². The maximum absolute atomic E-state index is 9.41. The number of hydrogen-bond donors (Lipinski definition) is 3. The minimum absolute atomic E-state index is 0. The van der Waals surface area contributed by atoms with Crippen molar-refractivity contribution in [3.05, 3.63) is 0 Å². The van der Waals surface area contributed by atoms with Gasteiger partial charge < -0.3 is 29.7 Å². The maximum Gasteiger partial charge on any atom is 3.00 e. The summed E-state index contributed by atoms with van der Waals surface area (Å²) < 4.78 is 0.0278. The fourth-order valence-electron chi connectivity index (χ4n) is 0.320. The van der Waals surface area contributed by atoms with Gasteiger partial charge in [0, 0.05) is 35.3 Å². The molecule has 3 N–H and O–H groups in total. The molecule has 0 aliphatic carbocycles. The van der Waals surface area contributed by atoms with E-state index in [4.69, 9.17) is 15.6 Å². The Kier molecular flexibility index (Phi) is 25.0. The van der Waals surface area contributed by atoms with Crippen LogP contribution < -0.4 is 15.3 Å². The Morgan fingerprint density at radius 1 is 0.682 bits per heavy atom. The molecule has 0 saturated carbocycles. The van der Waals surface area contributed by atoms with Crippen LogP contribution in [0.25, 0.3) is 0 Å². The number of rotatable bonds is 6. The first-order chi connectivity index (χ1) is 9.38. The van der Waals surface area contributed by atoms with Crippen LogP contribution in [0, 0.1) is 0 Å². The summed E-state index contributed by atoms with van der Waals surface area (Å²) in [5.74, 6) is -4.26. The Bertz CT molecular complexity index is 273. The van der Waals surface area contributed by atoms with Crippen molar-refractivity contribution in [3.8, 4) is 0 Å². The number of carboxylic acids is 3. The number of hydroxylamine groups is 3. The van der Waals surface area contributed by atoms with Crippen molar-refractivity contribution < 1.29 is 45.3 Å². The Morgan fingerprint density at radius 2 is 0.818 bits per heavy atom. The van der Waals surface area contributed by atoms with Gasteiger partial charge in [-0.25, -0.2) is 0 Å². The molecule has 0 atom stereocenters. The van der Waals surface area contributed by atoms with Gasteiger partial charge in [0.2, 0.25) is 0 Å². The molecule has 0 spiro atoms. The van der Waals surface area contributed by atoms with Crippen LogP contribution in [0.3, 0.4) is 0 Å². The molecule has 126 valence electrons. The quantitative estimate of drug-likeness (QED) is 0.220. The molecule has 16 heteroatoms. The summed E-state index contributed by atoms with van der Waals surface area (Å²) in [6.45, 7) is -2.04. The second kappa shape index (κ2) is 18.6. The van der Waals surface area contributed by atoms with Crippen molar-refractivity contribution in [2.45, 2.75) is 0 Å². The molecule has 22 heavy (non-hydrogen) atoms. The van der Waals surface area contributed by atoms with Crippen LogP contribution in [0.5, 0.6) is 0 Å². The fraction of sp³-hybridized carbons (Fsp3) is 0.500. The van der Waals surface area contributed by atoms with Gasteiger partial charge in [-0.1, -0.05) is 13.7 Å². The number of carbonyl (C=O) groups is 3. The molecule has 0 aliphatic rings. The summed E-state index contributed by atoms with van der Waals surface area (Å²) in [5.41, 5.74) is 0. The minimum atomic E-state index is -1.42. The molecule has 0 unspecified atom stereocenters. The molecule has 0 amide bonds. The summed E-state index contributed by atoms with van der Waals surface area (Å²) in [6, 6.07) is 0. The minimum Gasteiger partial charge on any atom is -0.549 e. The van der Waals surface area contributed by atoms with Crippen LogP contribution in [0.15, 0.2) is 0 Å². The smallest absolute Gasteiger partial charge is 0.549 e. The van der Waals surface area contributed by atoms with E-state index < -0.39 is 37.5 Å². The Balaban J connectivity index is -0.000000108. The first kappa shape index (κ1) is 29.6. The molecule has 0 rings (SSSR count). The van der Waals surface area contributed by atoms with Gasteiger partial charge in [-0.15, -0.1) is 0 Å². The SMILES string of the molecule is O=C([O-])CN(O)Cl.O=C([O-])CN(O)Cl.O=C([O-])CN(O)Cl.[Al+3]. The number of halogens is 3. The van der Waals surface area contributed by atoms with E-state index in [0.717, 1.165) is 0 Å². The number of hydrogen-bond acceptors (Lipinski definition) is 12. The second-order valence-corrected chi connectivity index (χ2v) is 3.77. The topological polar surface area (TPSA) is 191 Å². The molecule has 0 saturated heterocycles. The van der Waals surface area contributed by atoms with Gasteiger partial charge in [0.05, 0.1) is 37.5 Å². The number of aliphatic carboxylic acids is 3. The monoisotopic (exact) mass is 399 g/mol. The first-order valence-electron chi connectivity index (χ1n) is 4.34. The average Bonchev–Trinajstić information content (AvgIpc) is 2.10. The molecule has 0 aliphatic heterocycles. The van der Waals surface area contributed by atoms with Crippen molar-refractivity contribution in [1.82, 2.24) is 13.7 Å². The predicted octanol–water partition coefficient (Wildman–Crippen LogP) is -4.64. The molecule has 0 aromatic heterocycles. The zero-order chi connectivity index (χ0) is 17.6. The van der Waals surface area contributed by atoms with Crippen LogP contribution >= 0.6 is 35.3 Å². The fourth-order valence-corrected chi connectivity index (χ4v) is 0.612. The van der Waals surface area contributed by atoms with Crippen LogP contribution in [-0.2, 0) is 14.4 Å². The largest absolute Gasteiger partial charge is 3.00 e. The van der Waals surface area contributed by atoms with Gasteiger partial charge in [0.25, 0.3) is 0 Å². The summed E-state index contributed by atoms with van der Waals surface area (Å²) >= 11 is 13.9. The Morgan fingerprint density at radius 3 is 0.818 bits per heavy atom. The molecule has 0 heterocycles. The van der Waals surface area contributed by atoms with Crippen molar-refractivity contribution in [3.63, 3.8) is 0 Å². The third-order valence-electron chi connectivity index (χ3n) is 0.779. The number of carbonyl (C=O) groups excluding carboxylic acids is 3. The van der Waals surface area contributed by atoms with Crippen molar-refractivity contribution in [2.24, 2.45) is 0 Å². The van der Waals surface area contributed by atoms with Gasteiger partial charge in [-0.3, -0.25) is 15.6 Å². The number of nitrogens with zero attached hydrogens (tertiary/aromatic N) is 3.